The van der Waals surface area contributed by atoms with Crippen LogP contribution in [-0.2, 0) is 0 Å². The van der Waals surface area contributed by atoms with Gasteiger partial charge in [0, 0.05) is 6.54 Å². The molecule has 1 rings (SSSR count). The van der Waals surface area contributed by atoms with Gasteiger partial charge in [0.15, 0.2) is 5.75 Å². The molecule has 0 saturated heterocycles. The number of benzene rings is 1. The fraction of sp³-hybridized carbons (Fsp3) is 0.600. The summed E-state index contributed by atoms with van der Waals surface area (Å²) in [5.74, 6) is 1.65. The Hall–Kier alpha value is -0.130. The Labute approximate surface area is 141 Å². The van der Waals surface area contributed by atoms with E-state index < -0.39 is 6.10 Å². The molecule has 21 heavy (non-hydrogen) atoms. The van der Waals surface area contributed by atoms with E-state index in [0.29, 0.717) is 22.3 Å². The topological polar surface area (TPSA) is 41.5 Å². The second kappa shape index (κ2) is 11.4. The van der Waals surface area contributed by atoms with Crippen molar-refractivity contribution in [3.05, 3.63) is 28.2 Å². The lowest BCUT2D eigenvalue weighted by Gasteiger charge is -2.14. The van der Waals surface area contributed by atoms with Crippen LogP contribution in [0.15, 0.2) is 18.2 Å². The monoisotopic (exact) mass is 351 g/mol. The van der Waals surface area contributed by atoms with Crippen LogP contribution in [0.1, 0.15) is 19.3 Å². The zero-order valence-corrected chi connectivity index (χ0v) is 14.6. The van der Waals surface area contributed by atoms with Gasteiger partial charge < -0.3 is 15.2 Å². The number of ether oxygens (including phenoxy) is 1. The van der Waals surface area contributed by atoms with Gasteiger partial charge >= 0.3 is 0 Å². The Morgan fingerprint density at radius 3 is 2.62 bits per heavy atom. The van der Waals surface area contributed by atoms with E-state index >= 15 is 0 Å². The van der Waals surface area contributed by atoms with Gasteiger partial charge in [-0.25, -0.2) is 0 Å². The van der Waals surface area contributed by atoms with Gasteiger partial charge in [-0.1, -0.05) is 35.7 Å². The number of unbranched alkanes of at least 4 members (excludes halogenated alkanes) is 2. The van der Waals surface area contributed by atoms with Crippen LogP contribution >= 0.6 is 35.0 Å². The SMILES string of the molecule is CSCCCCCNCC(O)COc1c(Cl)cccc1Cl. The molecule has 1 aromatic rings. The molecule has 0 aliphatic rings. The summed E-state index contributed by atoms with van der Waals surface area (Å²) in [6, 6.07) is 5.18. The van der Waals surface area contributed by atoms with Crippen molar-refractivity contribution in [2.75, 3.05) is 31.7 Å². The third-order valence-electron chi connectivity index (χ3n) is 2.92. The van der Waals surface area contributed by atoms with Crippen LogP contribution < -0.4 is 10.1 Å². The Morgan fingerprint density at radius 1 is 1.24 bits per heavy atom. The quantitative estimate of drug-likeness (QED) is 0.594. The highest BCUT2D eigenvalue weighted by Gasteiger charge is 2.10. The molecule has 0 spiro atoms. The van der Waals surface area contributed by atoms with Crippen LogP contribution in [0, 0.1) is 0 Å². The van der Waals surface area contributed by atoms with Crippen LogP contribution in [0.5, 0.6) is 5.75 Å². The van der Waals surface area contributed by atoms with Crippen LogP contribution in [0.25, 0.3) is 0 Å². The largest absolute Gasteiger partial charge is 0.488 e. The lowest BCUT2D eigenvalue weighted by molar-refractivity contribution is 0.106. The Morgan fingerprint density at radius 2 is 1.95 bits per heavy atom. The van der Waals surface area contributed by atoms with Crippen molar-refractivity contribution in [3.63, 3.8) is 0 Å². The average Bonchev–Trinajstić information content (AvgIpc) is 2.46. The summed E-state index contributed by atoms with van der Waals surface area (Å²) >= 11 is 13.9. The van der Waals surface area contributed by atoms with E-state index in [1.807, 2.05) is 11.8 Å². The molecule has 120 valence electrons. The predicted molar refractivity (Wildman–Crippen MR) is 93.1 cm³/mol. The van der Waals surface area contributed by atoms with Crippen molar-refractivity contribution in [1.29, 1.82) is 0 Å². The Kier molecular flexibility index (Phi) is 10.3. The molecule has 0 aromatic heterocycles. The van der Waals surface area contributed by atoms with Gasteiger partial charge in [0.1, 0.15) is 12.7 Å². The maximum absolute atomic E-state index is 9.86. The Bertz CT molecular complexity index is 387. The minimum absolute atomic E-state index is 0.170. The number of rotatable bonds is 11. The van der Waals surface area contributed by atoms with E-state index in [0.717, 1.165) is 13.0 Å². The molecule has 0 heterocycles. The molecule has 0 aliphatic carbocycles. The third-order valence-corrected chi connectivity index (χ3v) is 4.21. The maximum atomic E-state index is 9.86. The number of aliphatic hydroxyl groups is 1. The molecule has 0 radical (unpaired) electrons. The normalized spacial score (nSPS) is 12.4. The molecule has 1 atom stereocenters. The van der Waals surface area contributed by atoms with Gasteiger partial charge in [-0.15, -0.1) is 0 Å². The lowest BCUT2D eigenvalue weighted by atomic mass is 10.2. The molecule has 3 nitrogen and oxygen atoms in total. The Balaban J connectivity index is 2.12. The number of hydrogen-bond acceptors (Lipinski definition) is 4. The molecular weight excluding hydrogens is 329 g/mol. The van der Waals surface area contributed by atoms with Crippen molar-refractivity contribution in [3.8, 4) is 5.75 Å². The van der Waals surface area contributed by atoms with Gasteiger partial charge in [-0.3, -0.25) is 0 Å². The van der Waals surface area contributed by atoms with Crippen molar-refractivity contribution in [1.82, 2.24) is 5.32 Å². The fourth-order valence-electron chi connectivity index (χ4n) is 1.80. The molecule has 0 amide bonds. The van der Waals surface area contributed by atoms with E-state index in [2.05, 4.69) is 11.6 Å². The molecule has 1 unspecified atom stereocenters. The zero-order valence-electron chi connectivity index (χ0n) is 12.3. The first-order valence-electron chi connectivity index (χ1n) is 7.09. The number of hydrogen-bond donors (Lipinski definition) is 2. The van der Waals surface area contributed by atoms with E-state index in [1.54, 1.807) is 18.2 Å². The molecular formula is C15H23Cl2NO2S. The van der Waals surface area contributed by atoms with E-state index in [-0.39, 0.29) is 6.61 Å². The molecule has 0 fully saturated rings. The smallest absolute Gasteiger partial charge is 0.156 e. The first-order valence-corrected chi connectivity index (χ1v) is 9.24. The third kappa shape index (κ3) is 8.17. The van der Waals surface area contributed by atoms with Crippen molar-refractivity contribution < 1.29 is 9.84 Å². The second-order valence-corrected chi connectivity index (χ2v) is 6.57. The van der Waals surface area contributed by atoms with Gasteiger partial charge in [0.25, 0.3) is 0 Å². The van der Waals surface area contributed by atoms with Crippen molar-refractivity contribution in [2.24, 2.45) is 0 Å². The first kappa shape index (κ1) is 18.9. The minimum atomic E-state index is -0.580. The van der Waals surface area contributed by atoms with Crippen molar-refractivity contribution >= 4 is 35.0 Å². The van der Waals surface area contributed by atoms with Gasteiger partial charge in [0.2, 0.25) is 0 Å². The summed E-state index contributed by atoms with van der Waals surface area (Å²) in [6.07, 6.45) is 5.14. The van der Waals surface area contributed by atoms with Gasteiger partial charge in [-0.05, 0) is 43.5 Å². The standard InChI is InChI=1S/C15H23Cl2NO2S/c1-21-9-4-2-3-8-18-10-12(19)11-20-15-13(16)6-5-7-14(15)17/h5-7,12,18-19H,2-4,8-11H2,1H3. The van der Waals surface area contributed by atoms with Crippen LogP contribution in [0.2, 0.25) is 10.0 Å². The number of aliphatic hydroxyl groups excluding tert-OH is 1. The highest BCUT2D eigenvalue weighted by molar-refractivity contribution is 7.98. The highest BCUT2D eigenvalue weighted by Crippen LogP contribution is 2.32. The van der Waals surface area contributed by atoms with E-state index in [4.69, 9.17) is 27.9 Å². The maximum Gasteiger partial charge on any atom is 0.156 e. The molecule has 2 N–H and O–H groups in total. The highest BCUT2D eigenvalue weighted by atomic mass is 35.5. The van der Waals surface area contributed by atoms with Gasteiger partial charge in [-0.2, -0.15) is 11.8 Å². The summed E-state index contributed by atoms with van der Waals surface area (Å²) in [7, 11) is 0. The zero-order chi connectivity index (χ0) is 15.5. The molecule has 0 bridgehead atoms. The number of para-hydroxylation sites is 1. The van der Waals surface area contributed by atoms with E-state index in [9.17, 15) is 5.11 Å². The summed E-state index contributed by atoms with van der Waals surface area (Å²) in [5.41, 5.74) is 0. The van der Waals surface area contributed by atoms with E-state index in [1.165, 1.54) is 18.6 Å². The average molecular weight is 352 g/mol. The van der Waals surface area contributed by atoms with Gasteiger partial charge in [0.05, 0.1) is 10.0 Å². The summed E-state index contributed by atoms with van der Waals surface area (Å²) < 4.78 is 5.48. The summed E-state index contributed by atoms with van der Waals surface area (Å²) in [5, 5.41) is 14.0. The first-order chi connectivity index (χ1) is 10.1. The lowest BCUT2D eigenvalue weighted by Crippen LogP contribution is -2.32. The summed E-state index contributed by atoms with van der Waals surface area (Å²) in [6.45, 7) is 1.59. The minimum Gasteiger partial charge on any atom is -0.488 e. The molecule has 0 aliphatic heterocycles. The molecule has 6 heteroatoms. The number of nitrogens with one attached hydrogen (secondary N) is 1. The molecule has 1 aromatic carbocycles. The predicted octanol–water partition coefficient (Wildman–Crippen LogP) is 3.86. The van der Waals surface area contributed by atoms with Crippen LogP contribution in [0.3, 0.4) is 0 Å². The number of halogens is 2. The second-order valence-electron chi connectivity index (χ2n) is 4.77. The van der Waals surface area contributed by atoms with Crippen LogP contribution in [-0.4, -0.2) is 42.9 Å². The number of thioether (sulfide) groups is 1. The molecule has 0 saturated carbocycles. The van der Waals surface area contributed by atoms with Crippen molar-refractivity contribution in [2.45, 2.75) is 25.4 Å². The summed E-state index contributed by atoms with van der Waals surface area (Å²) in [4.78, 5) is 0. The van der Waals surface area contributed by atoms with Crippen LogP contribution in [0.4, 0.5) is 0 Å². The fourth-order valence-corrected chi connectivity index (χ4v) is 2.80.